The third-order valence-electron chi connectivity index (χ3n) is 2.27. The lowest BCUT2D eigenvalue weighted by molar-refractivity contribution is 0.296. The molecule has 0 fully saturated rings. The zero-order chi connectivity index (χ0) is 12.3. The summed E-state index contributed by atoms with van der Waals surface area (Å²) in [6, 6.07) is 5.48. The summed E-state index contributed by atoms with van der Waals surface area (Å²) in [5, 5.41) is 8.03. The van der Waals surface area contributed by atoms with Crippen LogP contribution in [-0.2, 0) is 10.0 Å². The summed E-state index contributed by atoms with van der Waals surface area (Å²) in [6.45, 7) is 4.88. The second-order valence-corrected chi connectivity index (χ2v) is 6.12. The van der Waals surface area contributed by atoms with Gasteiger partial charge in [0.05, 0.1) is 6.61 Å². The van der Waals surface area contributed by atoms with Crippen LogP contribution in [0, 0.1) is 13.8 Å². The van der Waals surface area contributed by atoms with Crippen molar-refractivity contribution in [3.05, 3.63) is 29.3 Å². The smallest absolute Gasteiger partial charge is 0.237 e. The van der Waals surface area contributed by atoms with Gasteiger partial charge in [0, 0.05) is 5.69 Å². The Morgan fingerprint density at radius 3 is 2.19 bits per heavy atom. The van der Waals surface area contributed by atoms with Crippen molar-refractivity contribution in [1.82, 2.24) is 0 Å². The molecule has 1 aromatic rings. The van der Waals surface area contributed by atoms with Crippen LogP contribution in [0.5, 0.6) is 0 Å². The van der Waals surface area contributed by atoms with Crippen molar-refractivity contribution in [1.29, 1.82) is 0 Å². The molecule has 4 nitrogen and oxygen atoms in total. The van der Waals surface area contributed by atoms with Crippen LogP contribution in [-0.4, -0.2) is 25.4 Å². The van der Waals surface area contributed by atoms with Crippen LogP contribution in [0.25, 0.3) is 0 Å². The first-order valence-corrected chi connectivity index (χ1v) is 6.60. The molecule has 0 radical (unpaired) electrons. The van der Waals surface area contributed by atoms with E-state index < -0.39 is 15.3 Å². The molecule has 0 bridgehead atoms. The van der Waals surface area contributed by atoms with Gasteiger partial charge in [0.25, 0.3) is 0 Å². The van der Waals surface area contributed by atoms with Crippen LogP contribution in [0.1, 0.15) is 18.1 Å². The molecule has 1 aromatic carbocycles. The van der Waals surface area contributed by atoms with Gasteiger partial charge in [-0.15, -0.1) is 0 Å². The van der Waals surface area contributed by atoms with Gasteiger partial charge in [-0.05, 0) is 44.0 Å². The summed E-state index contributed by atoms with van der Waals surface area (Å²) in [7, 11) is -3.50. The maximum atomic E-state index is 11.7. The van der Waals surface area contributed by atoms with Gasteiger partial charge in [-0.3, -0.25) is 4.72 Å². The molecule has 0 aliphatic carbocycles. The predicted octanol–water partition coefficient (Wildman–Crippen LogP) is 1.43. The Balaban J connectivity index is 2.97. The fourth-order valence-corrected chi connectivity index (χ4v) is 2.24. The van der Waals surface area contributed by atoms with Gasteiger partial charge in [0.2, 0.25) is 10.0 Å². The molecule has 0 aliphatic heterocycles. The van der Waals surface area contributed by atoms with E-state index >= 15 is 0 Å². The molecule has 0 heterocycles. The van der Waals surface area contributed by atoms with Gasteiger partial charge in [0.15, 0.2) is 0 Å². The van der Waals surface area contributed by atoms with Gasteiger partial charge in [-0.1, -0.05) is 6.07 Å². The lowest BCUT2D eigenvalue weighted by Gasteiger charge is -2.13. The van der Waals surface area contributed by atoms with Gasteiger partial charge >= 0.3 is 0 Å². The van der Waals surface area contributed by atoms with Crippen LogP contribution in [0.15, 0.2) is 18.2 Å². The number of aryl methyl sites for hydroxylation is 2. The maximum absolute atomic E-state index is 11.7. The van der Waals surface area contributed by atoms with Crippen LogP contribution < -0.4 is 4.72 Å². The summed E-state index contributed by atoms with van der Waals surface area (Å²) < 4.78 is 25.8. The monoisotopic (exact) mass is 243 g/mol. The lowest BCUT2D eigenvalue weighted by atomic mass is 10.1. The van der Waals surface area contributed by atoms with Crippen molar-refractivity contribution in [3.63, 3.8) is 0 Å². The zero-order valence-corrected chi connectivity index (χ0v) is 10.5. The molecule has 5 heteroatoms. The van der Waals surface area contributed by atoms with Crippen LogP contribution in [0.3, 0.4) is 0 Å². The molecule has 0 spiro atoms. The minimum Gasteiger partial charge on any atom is -0.395 e. The van der Waals surface area contributed by atoms with E-state index in [1.165, 1.54) is 6.92 Å². The minimum absolute atomic E-state index is 0.389. The Labute approximate surface area is 96.4 Å². The van der Waals surface area contributed by atoms with Crippen molar-refractivity contribution < 1.29 is 13.5 Å². The van der Waals surface area contributed by atoms with Crippen molar-refractivity contribution in [2.45, 2.75) is 26.0 Å². The number of anilines is 1. The molecule has 16 heavy (non-hydrogen) atoms. The minimum atomic E-state index is -3.50. The fourth-order valence-electron chi connectivity index (χ4n) is 1.40. The summed E-state index contributed by atoms with van der Waals surface area (Å²) in [4.78, 5) is 0. The average Bonchev–Trinajstić information content (AvgIpc) is 2.13. The van der Waals surface area contributed by atoms with E-state index in [1.807, 2.05) is 19.9 Å². The first kappa shape index (κ1) is 13.0. The van der Waals surface area contributed by atoms with Crippen molar-refractivity contribution in [2.24, 2.45) is 0 Å². The zero-order valence-electron chi connectivity index (χ0n) is 9.69. The molecule has 1 atom stereocenters. The number of benzene rings is 1. The summed E-state index contributed by atoms with van der Waals surface area (Å²) in [6.07, 6.45) is 0. The fraction of sp³-hybridized carbons (Fsp3) is 0.455. The summed E-state index contributed by atoms with van der Waals surface area (Å²) in [5.74, 6) is 0. The third kappa shape index (κ3) is 3.21. The third-order valence-corrected chi connectivity index (χ3v) is 4.00. The number of nitrogens with one attached hydrogen (secondary N) is 1. The number of sulfonamides is 1. The Bertz CT molecular complexity index is 448. The molecule has 0 saturated heterocycles. The molecular formula is C11H17NO3S. The molecule has 90 valence electrons. The summed E-state index contributed by atoms with van der Waals surface area (Å²) >= 11 is 0. The second kappa shape index (κ2) is 4.84. The average molecular weight is 243 g/mol. The van der Waals surface area contributed by atoms with Crippen LogP contribution in [0.2, 0.25) is 0 Å². The van der Waals surface area contributed by atoms with Gasteiger partial charge in [-0.2, -0.15) is 0 Å². The van der Waals surface area contributed by atoms with Crippen molar-refractivity contribution in [2.75, 3.05) is 11.3 Å². The van der Waals surface area contributed by atoms with Crippen molar-refractivity contribution >= 4 is 15.7 Å². The number of rotatable bonds is 4. The molecule has 2 N–H and O–H groups in total. The molecule has 0 amide bonds. The highest BCUT2D eigenvalue weighted by atomic mass is 32.2. The van der Waals surface area contributed by atoms with E-state index in [-0.39, 0.29) is 6.61 Å². The van der Waals surface area contributed by atoms with E-state index in [4.69, 9.17) is 5.11 Å². The van der Waals surface area contributed by atoms with Gasteiger partial charge < -0.3 is 5.11 Å². The Kier molecular flexibility index (Phi) is 3.93. The molecule has 0 saturated carbocycles. The normalized spacial score (nSPS) is 13.5. The van der Waals surface area contributed by atoms with Crippen molar-refractivity contribution in [3.8, 4) is 0 Å². The number of aliphatic hydroxyl groups excluding tert-OH is 1. The topological polar surface area (TPSA) is 66.4 Å². The highest BCUT2D eigenvalue weighted by Crippen LogP contribution is 2.16. The molecule has 0 aromatic heterocycles. The van der Waals surface area contributed by atoms with Crippen LogP contribution >= 0.6 is 0 Å². The Morgan fingerprint density at radius 2 is 1.75 bits per heavy atom. The molecule has 0 aliphatic rings. The first-order chi connectivity index (χ1) is 7.35. The Hall–Kier alpha value is -1.07. The van der Waals surface area contributed by atoms with E-state index in [0.717, 1.165) is 11.1 Å². The lowest BCUT2D eigenvalue weighted by Crippen LogP contribution is -2.28. The number of hydrogen-bond donors (Lipinski definition) is 2. The van der Waals surface area contributed by atoms with E-state index in [9.17, 15) is 8.42 Å². The number of hydrogen-bond acceptors (Lipinski definition) is 3. The SMILES string of the molecule is Cc1cc(C)cc(NS(=O)(=O)C(C)CO)c1. The Morgan fingerprint density at radius 1 is 1.25 bits per heavy atom. The highest BCUT2D eigenvalue weighted by molar-refractivity contribution is 7.93. The predicted molar refractivity (Wildman–Crippen MR) is 65.0 cm³/mol. The quantitative estimate of drug-likeness (QED) is 0.840. The highest BCUT2D eigenvalue weighted by Gasteiger charge is 2.19. The maximum Gasteiger partial charge on any atom is 0.237 e. The second-order valence-electron chi connectivity index (χ2n) is 4.02. The number of aliphatic hydroxyl groups is 1. The van der Waals surface area contributed by atoms with Crippen LogP contribution in [0.4, 0.5) is 5.69 Å². The van der Waals surface area contributed by atoms with E-state index in [1.54, 1.807) is 12.1 Å². The van der Waals surface area contributed by atoms with Gasteiger partial charge in [0.1, 0.15) is 5.25 Å². The largest absolute Gasteiger partial charge is 0.395 e. The van der Waals surface area contributed by atoms with E-state index in [2.05, 4.69) is 4.72 Å². The molecule has 1 unspecified atom stereocenters. The molecular weight excluding hydrogens is 226 g/mol. The van der Waals surface area contributed by atoms with E-state index in [0.29, 0.717) is 5.69 Å². The standard InChI is InChI=1S/C11H17NO3S/c1-8-4-9(2)6-11(5-8)12-16(14,15)10(3)7-13/h4-6,10,12-13H,7H2,1-3H3. The first-order valence-electron chi connectivity index (χ1n) is 5.06. The molecule has 1 rings (SSSR count). The van der Waals surface area contributed by atoms with Gasteiger partial charge in [-0.25, -0.2) is 8.42 Å². The summed E-state index contributed by atoms with van der Waals surface area (Å²) in [5.41, 5.74) is 2.53.